The number of carbonyl (C=O) groups is 1. The molecule has 0 spiro atoms. The van der Waals surface area contributed by atoms with E-state index in [2.05, 4.69) is 8.75 Å². The van der Waals surface area contributed by atoms with E-state index in [1.807, 2.05) is 0 Å². The second kappa shape index (κ2) is 4.54. The van der Waals surface area contributed by atoms with Gasteiger partial charge >= 0.3 is 11.7 Å². The van der Waals surface area contributed by atoms with Crippen LogP contribution in [0.25, 0.3) is 11.0 Å². The van der Waals surface area contributed by atoms with E-state index < -0.39 is 16.3 Å². The molecule has 0 bridgehead atoms. The van der Waals surface area contributed by atoms with Crippen molar-refractivity contribution in [2.24, 2.45) is 0 Å². The number of rotatable bonds is 3. The van der Waals surface area contributed by atoms with E-state index in [4.69, 9.17) is 4.74 Å². The lowest BCUT2D eigenvalue weighted by molar-refractivity contribution is -0.384. The van der Waals surface area contributed by atoms with E-state index >= 15 is 0 Å². The standard InChI is InChI=1S/C11H11N3O4S/c1-11(2,10(15)18-3)6-4-5-7-8(13-19-12-7)9(6)14(16)17/h4-5H,1-3H3. The van der Waals surface area contributed by atoms with Gasteiger partial charge in [0.25, 0.3) is 0 Å². The van der Waals surface area contributed by atoms with Crippen LogP contribution in [0.1, 0.15) is 19.4 Å². The first kappa shape index (κ1) is 13.3. The summed E-state index contributed by atoms with van der Waals surface area (Å²) in [6.45, 7) is 3.15. The number of hydrogen-bond donors (Lipinski definition) is 0. The maximum absolute atomic E-state index is 11.8. The Morgan fingerprint density at radius 2 is 2.11 bits per heavy atom. The minimum Gasteiger partial charge on any atom is -0.468 e. The maximum atomic E-state index is 11.8. The smallest absolute Gasteiger partial charge is 0.315 e. The predicted octanol–water partition coefficient (Wildman–Crippen LogP) is 2.05. The van der Waals surface area contributed by atoms with Crippen LogP contribution >= 0.6 is 11.7 Å². The molecule has 2 aromatic rings. The number of ether oxygens (including phenoxy) is 1. The van der Waals surface area contributed by atoms with Gasteiger partial charge in [-0.15, -0.1) is 0 Å². The molecule has 100 valence electrons. The summed E-state index contributed by atoms with van der Waals surface area (Å²) in [5.41, 5.74) is -0.411. The number of nitrogens with zero attached hydrogens (tertiary/aromatic N) is 3. The van der Waals surface area contributed by atoms with Gasteiger partial charge in [0.1, 0.15) is 5.52 Å². The third-order valence-electron chi connectivity index (χ3n) is 2.95. The van der Waals surface area contributed by atoms with E-state index in [-0.39, 0.29) is 16.8 Å². The zero-order chi connectivity index (χ0) is 14.2. The largest absolute Gasteiger partial charge is 0.468 e. The third kappa shape index (κ3) is 2.03. The average molecular weight is 281 g/mol. The number of hydrogen-bond acceptors (Lipinski definition) is 7. The quantitative estimate of drug-likeness (QED) is 0.485. The molecule has 2 rings (SSSR count). The fourth-order valence-corrected chi connectivity index (χ4v) is 2.43. The molecule has 0 radical (unpaired) electrons. The molecule has 0 aliphatic heterocycles. The van der Waals surface area contributed by atoms with Crippen molar-refractivity contribution in [2.75, 3.05) is 7.11 Å². The number of fused-ring (bicyclic) bond motifs is 1. The first-order valence-electron chi connectivity index (χ1n) is 5.38. The molecular weight excluding hydrogens is 270 g/mol. The maximum Gasteiger partial charge on any atom is 0.315 e. The molecule has 1 aromatic heterocycles. The van der Waals surface area contributed by atoms with Gasteiger partial charge in [-0.25, -0.2) is 0 Å². The first-order chi connectivity index (χ1) is 8.89. The summed E-state index contributed by atoms with van der Waals surface area (Å²) in [5, 5.41) is 11.3. The summed E-state index contributed by atoms with van der Waals surface area (Å²) in [4.78, 5) is 22.5. The topological polar surface area (TPSA) is 95.2 Å². The van der Waals surface area contributed by atoms with Crippen molar-refractivity contribution in [1.82, 2.24) is 8.75 Å². The molecule has 0 aliphatic carbocycles. The highest BCUT2D eigenvalue weighted by molar-refractivity contribution is 7.00. The third-order valence-corrected chi connectivity index (χ3v) is 3.50. The Kier molecular flexibility index (Phi) is 3.19. The van der Waals surface area contributed by atoms with Crippen molar-refractivity contribution in [3.63, 3.8) is 0 Å². The van der Waals surface area contributed by atoms with Crippen LogP contribution < -0.4 is 0 Å². The Hall–Kier alpha value is -2.09. The van der Waals surface area contributed by atoms with Gasteiger partial charge in [-0.05, 0) is 26.0 Å². The summed E-state index contributed by atoms with van der Waals surface area (Å²) in [5.74, 6) is -0.543. The van der Waals surface area contributed by atoms with E-state index in [1.54, 1.807) is 19.9 Å². The van der Waals surface area contributed by atoms with Crippen LogP contribution in [0.5, 0.6) is 0 Å². The van der Waals surface area contributed by atoms with Gasteiger partial charge in [0.05, 0.1) is 29.2 Å². The highest BCUT2D eigenvalue weighted by Gasteiger charge is 2.38. The SMILES string of the molecule is COC(=O)C(C)(C)c1ccc2nsnc2c1[N+](=O)[O-]. The predicted molar refractivity (Wildman–Crippen MR) is 69.1 cm³/mol. The first-order valence-corrected chi connectivity index (χ1v) is 6.11. The van der Waals surface area contributed by atoms with Crippen molar-refractivity contribution in [1.29, 1.82) is 0 Å². The Balaban J connectivity index is 2.76. The number of nitro groups is 1. The lowest BCUT2D eigenvalue weighted by atomic mass is 9.83. The van der Waals surface area contributed by atoms with Crippen molar-refractivity contribution in [3.8, 4) is 0 Å². The summed E-state index contributed by atoms with van der Waals surface area (Å²) in [6, 6.07) is 3.14. The molecule has 0 amide bonds. The van der Waals surface area contributed by atoms with Gasteiger partial charge in [-0.2, -0.15) is 8.75 Å². The molecule has 0 atom stereocenters. The molecule has 19 heavy (non-hydrogen) atoms. The van der Waals surface area contributed by atoms with Gasteiger partial charge in [0.2, 0.25) is 0 Å². The second-order valence-corrected chi connectivity index (χ2v) is 5.00. The zero-order valence-electron chi connectivity index (χ0n) is 10.5. The molecule has 0 aliphatic rings. The van der Waals surface area contributed by atoms with E-state index in [1.165, 1.54) is 13.2 Å². The molecule has 0 unspecified atom stereocenters. The van der Waals surface area contributed by atoms with Crippen LogP contribution in [-0.2, 0) is 14.9 Å². The summed E-state index contributed by atoms with van der Waals surface area (Å²) >= 11 is 0.897. The van der Waals surface area contributed by atoms with Crippen LogP contribution in [0, 0.1) is 10.1 Å². The highest BCUT2D eigenvalue weighted by Crippen LogP contribution is 2.37. The molecule has 8 heteroatoms. The fourth-order valence-electron chi connectivity index (χ4n) is 1.89. The molecule has 7 nitrogen and oxygen atoms in total. The number of nitro benzene ring substituents is 1. The summed E-state index contributed by atoms with van der Waals surface area (Å²) in [6.07, 6.45) is 0. The van der Waals surface area contributed by atoms with Gasteiger partial charge in [-0.3, -0.25) is 14.9 Å². The summed E-state index contributed by atoms with van der Waals surface area (Å²) in [7, 11) is 1.25. The Bertz CT molecular complexity index is 665. The number of aromatic nitrogens is 2. The van der Waals surface area contributed by atoms with E-state index in [0.717, 1.165) is 11.7 Å². The van der Waals surface area contributed by atoms with Gasteiger partial charge in [0, 0.05) is 5.56 Å². The van der Waals surface area contributed by atoms with Crippen LogP contribution in [0.15, 0.2) is 12.1 Å². The second-order valence-electron chi connectivity index (χ2n) is 4.47. The van der Waals surface area contributed by atoms with Crippen LogP contribution in [0.3, 0.4) is 0 Å². The molecule has 1 aromatic carbocycles. The lowest BCUT2D eigenvalue weighted by Crippen LogP contribution is -2.31. The van der Waals surface area contributed by atoms with Crippen LogP contribution in [-0.4, -0.2) is 26.7 Å². The number of esters is 1. The van der Waals surface area contributed by atoms with E-state index in [0.29, 0.717) is 5.52 Å². The minimum absolute atomic E-state index is 0.193. The van der Waals surface area contributed by atoms with Gasteiger partial charge in [-0.1, -0.05) is 0 Å². The Morgan fingerprint density at radius 1 is 1.42 bits per heavy atom. The molecule has 0 N–H and O–H groups in total. The molecular formula is C11H11N3O4S. The zero-order valence-corrected chi connectivity index (χ0v) is 11.4. The minimum atomic E-state index is -1.13. The van der Waals surface area contributed by atoms with E-state index in [9.17, 15) is 14.9 Å². The van der Waals surface area contributed by atoms with Crippen molar-refractivity contribution in [2.45, 2.75) is 19.3 Å². The monoisotopic (exact) mass is 281 g/mol. The molecule has 0 fully saturated rings. The van der Waals surface area contributed by atoms with Crippen molar-refractivity contribution < 1.29 is 14.5 Å². The van der Waals surface area contributed by atoms with Crippen molar-refractivity contribution >= 4 is 34.4 Å². The van der Waals surface area contributed by atoms with Crippen molar-refractivity contribution in [3.05, 3.63) is 27.8 Å². The lowest BCUT2D eigenvalue weighted by Gasteiger charge is -2.21. The molecule has 1 heterocycles. The number of carbonyl (C=O) groups excluding carboxylic acids is 1. The highest BCUT2D eigenvalue weighted by atomic mass is 32.1. The molecule has 0 saturated carbocycles. The number of benzene rings is 1. The van der Waals surface area contributed by atoms with Crippen LogP contribution in [0.2, 0.25) is 0 Å². The Morgan fingerprint density at radius 3 is 2.68 bits per heavy atom. The average Bonchev–Trinajstić information content (AvgIpc) is 2.83. The van der Waals surface area contributed by atoms with Gasteiger partial charge in [0.15, 0.2) is 5.52 Å². The number of methoxy groups -OCH3 is 1. The Labute approximate surface area is 112 Å². The molecule has 0 saturated heterocycles. The normalized spacial score (nSPS) is 11.5. The van der Waals surface area contributed by atoms with Crippen LogP contribution in [0.4, 0.5) is 5.69 Å². The fraction of sp³-hybridized carbons (Fsp3) is 0.364. The summed E-state index contributed by atoms with van der Waals surface area (Å²) < 4.78 is 12.6. The van der Waals surface area contributed by atoms with Gasteiger partial charge < -0.3 is 4.74 Å².